The molecule has 0 aromatic heterocycles. The van der Waals surface area contributed by atoms with Crippen molar-refractivity contribution in [3.63, 3.8) is 0 Å². The van der Waals surface area contributed by atoms with Gasteiger partial charge in [0.05, 0.1) is 14.2 Å². The zero-order valence-corrected chi connectivity index (χ0v) is 8.82. The number of aliphatic hydroxyl groups excluding tert-OH is 1. The lowest BCUT2D eigenvalue weighted by molar-refractivity contribution is 0.112. The van der Waals surface area contributed by atoms with Crippen LogP contribution in [0.3, 0.4) is 0 Å². The Balaban J connectivity index is 3.20. The molecule has 0 bridgehead atoms. The van der Waals surface area contributed by atoms with Gasteiger partial charge in [-0.25, -0.2) is 0 Å². The van der Waals surface area contributed by atoms with Gasteiger partial charge in [-0.1, -0.05) is 0 Å². The molecule has 1 N–H and O–H groups in total. The molecule has 4 nitrogen and oxygen atoms in total. The number of carbonyl (C=O) groups is 1. The fourth-order valence-corrected chi connectivity index (χ4v) is 1.38. The number of methoxy groups -OCH3 is 2. The molecule has 0 amide bonds. The van der Waals surface area contributed by atoms with E-state index in [9.17, 15) is 4.79 Å². The summed E-state index contributed by atoms with van der Waals surface area (Å²) < 4.78 is 10.2. The third kappa shape index (κ3) is 2.47. The normalized spacial score (nSPS) is 9.80. The first-order chi connectivity index (χ1) is 7.26. The number of aldehydes is 1. The maximum Gasteiger partial charge on any atom is 0.161 e. The van der Waals surface area contributed by atoms with Crippen LogP contribution in [0, 0.1) is 0 Å². The van der Waals surface area contributed by atoms with Crippen molar-refractivity contribution >= 4 is 6.29 Å². The SMILES string of the molecule is COc1cc(C=O)c(CCO)cc1OC. The van der Waals surface area contributed by atoms with Crippen LogP contribution in [0.1, 0.15) is 15.9 Å². The maximum absolute atomic E-state index is 10.8. The first-order valence-electron chi connectivity index (χ1n) is 4.57. The molecule has 0 heterocycles. The lowest BCUT2D eigenvalue weighted by Gasteiger charge is -2.11. The highest BCUT2D eigenvalue weighted by Gasteiger charge is 2.09. The zero-order chi connectivity index (χ0) is 11.3. The number of carbonyl (C=O) groups excluding carboxylic acids is 1. The highest BCUT2D eigenvalue weighted by atomic mass is 16.5. The molecule has 0 aliphatic rings. The Labute approximate surface area is 88.4 Å². The van der Waals surface area contributed by atoms with E-state index in [-0.39, 0.29) is 6.61 Å². The molecule has 0 atom stereocenters. The second-order valence-electron chi connectivity index (χ2n) is 3.00. The fraction of sp³-hybridized carbons (Fsp3) is 0.364. The van der Waals surface area contributed by atoms with Gasteiger partial charge in [-0.15, -0.1) is 0 Å². The minimum atomic E-state index is -0.00365. The first kappa shape index (κ1) is 11.5. The molecule has 0 aliphatic carbocycles. The number of hydrogen-bond acceptors (Lipinski definition) is 4. The minimum Gasteiger partial charge on any atom is -0.493 e. The Morgan fingerprint density at radius 3 is 2.33 bits per heavy atom. The van der Waals surface area contributed by atoms with E-state index in [1.165, 1.54) is 14.2 Å². The number of rotatable bonds is 5. The summed E-state index contributed by atoms with van der Waals surface area (Å²) >= 11 is 0. The van der Waals surface area contributed by atoms with E-state index in [0.717, 1.165) is 11.8 Å². The van der Waals surface area contributed by atoms with Gasteiger partial charge in [-0.05, 0) is 24.1 Å². The van der Waals surface area contributed by atoms with Crippen molar-refractivity contribution in [3.8, 4) is 11.5 Å². The summed E-state index contributed by atoms with van der Waals surface area (Å²) in [5.41, 5.74) is 1.27. The van der Waals surface area contributed by atoms with Crippen LogP contribution >= 0.6 is 0 Å². The molecule has 0 radical (unpaired) electrons. The molecule has 0 saturated carbocycles. The molecule has 0 aliphatic heterocycles. The second-order valence-corrected chi connectivity index (χ2v) is 3.00. The van der Waals surface area contributed by atoms with Gasteiger partial charge in [0.1, 0.15) is 6.29 Å². The molecule has 0 spiro atoms. The predicted molar refractivity (Wildman–Crippen MR) is 55.7 cm³/mol. The number of ether oxygens (including phenoxy) is 2. The molecule has 82 valence electrons. The number of hydrogen-bond donors (Lipinski definition) is 1. The third-order valence-electron chi connectivity index (χ3n) is 2.15. The summed E-state index contributed by atoms with van der Waals surface area (Å²) in [5.74, 6) is 1.08. The molecule has 1 aromatic carbocycles. The predicted octanol–water partition coefficient (Wildman–Crippen LogP) is 1.05. The summed E-state index contributed by atoms with van der Waals surface area (Å²) in [6, 6.07) is 3.32. The summed E-state index contributed by atoms with van der Waals surface area (Å²) in [7, 11) is 3.04. The maximum atomic E-state index is 10.8. The third-order valence-corrected chi connectivity index (χ3v) is 2.15. The summed E-state index contributed by atoms with van der Waals surface area (Å²) in [4.78, 5) is 10.8. The molecule has 1 rings (SSSR count). The van der Waals surface area contributed by atoms with Gasteiger partial charge in [-0.3, -0.25) is 4.79 Å². The van der Waals surface area contributed by atoms with E-state index < -0.39 is 0 Å². The Morgan fingerprint density at radius 1 is 1.27 bits per heavy atom. The van der Waals surface area contributed by atoms with Crippen molar-refractivity contribution < 1.29 is 19.4 Å². The van der Waals surface area contributed by atoms with Gasteiger partial charge in [-0.2, -0.15) is 0 Å². The Morgan fingerprint density at radius 2 is 1.87 bits per heavy atom. The van der Waals surface area contributed by atoms with Gasteiger partial charge in [0.25, 0.3) is 0 Å². The van der Waals surface area contributed by atoms with Gasteiger partial charge >= 0.3 is 0 Å². The van der Waals surface area contributed by atoms with E-state index in [1.807, 2.05) is 0 Å². The smallest absolute Gasteiger partial charge is 0.161 e. The van der Waals surface area contributed by atoms with Crippen molar-refractivity contribution in [2.75, 3.05) is 20.8 Å². The number of aliphatic hydroxyl groups is 1. The highest BCUT2D eigenvalue weighted by molar-refractivity contribution is 5.79. The summed E-state index contributed by atoms with van der Waals surface area (Å²) in [6.07, 6.45) is 1.17. The van der Waals surface area contributed by atoms with Crippen LogP contribution in [-0.2, 0) is 6.42 Å². The number of benzene rings is 1. The molecular formula is C11H14O4. The largest absolute Gasteiger partial charge is 0.493 e. The summed E-state index contributed by atoms with van der Waals surface area (Å²) in [5, 5.41) is 8.84. The van der Waals surface area contributed by atoms with Gasteiger partial charge in [0, 0.05) is 12.2 Å². The van der Waals surface area contributed by atoms with E-state index in [0.29, 0.717) is 23.5 Å². The van der Waals surface area contributed by atoms with Crippen LogP contribution in [0.15, 0.2) is 12.1 Å². The quantitative estimate of drug-likeness (QED) is 0.738. The van der Waals surface area contributed by atoms with Crippen LogP contribution < -0.4 is 9.47 Å². The van der Waals surface area contributed by atoms with Crippen molar-refractivity contribution in [1.82, 2.24) is 0 Å². The molecule has 0 fully saturated rings. The standard InChI is InChI=1S/C11H14O4/c1-14-10-5-8(3-4-12)9(7-13)6-11(10)15-2/h5-7,12H,3-4H2,1-2H3. The zero-order valence-electron chi connectivity index (χ0n) is 8.82. The monoisotopic (exact) mass is 210 g/mol. The van der Waals surface area contributed by atoms with Crippen LogP contribution in [-0.4, -0.2) is 32.2 Å². The van der Waals surface area contributed by atoms with Gasteiger partial charge < -0.3 is 14.6 Å². The second kappa shape index (κ2) is 5.36. The Hall–Kier alpha value is -1.55. The van der Waals surface area contributed by atoms with E-state index in [2.05, 4.69) is 0 Å². The lowest BCUT2D eigenvalue weighted by atomic mass is 10.0. The molecule has 15 heavy (non-hydrogen) atoms. The fourth-order valence-electron chi connectivity index (χ4n) is 1.38. The Bertz CT molecular complexity index is 347. The van der Waals surface area contributed by atoms with Crippen molar-refractivity contribution in [3.05, 3.63) is 23.3 Å². The summed E-state index contributed by atoms with van der Waals surface area (Å²) in [6.45, 7) is -0.00365. The average molecular weight is 210 g/mol. The van der Waals surface area contributed by atoms with E-state index in [1.54, 1.807) is 12.1 Å². The molecule has 0 saturated heterocycles. The van der Waals surface area contributed by atoms with E-state index >= 15 is 0 Å². The van der Waals surface area contributed by atoms with E-state index in [4.69, 9.17) is 14.6 Å². The van der Waals surface area contributed by atoms with Crippen molar-refractivity contribution in [2.45, 2.75) is 6.42 Å². The van der Waals surface area contributed by atoms with Crippen LogP contribution in [0.2, 0.25) is 0 Å². The van der Waals surface area contributed by atoms with Crippen molar-refractivity contribution in [2.24, 2.45) is 0 Å². The minimum absolute atomic E-state index is 0.00365. The Kier molecular flexibility index (Phi) is 4.12. The highest BCUT2D eigenvalue weighted by Crippen LogP contribution is 2.30. The topological polar surface area (TPSA) is 55.8 Å². The lowest BCUT2D eigenvalue weighted by Crippen LogP contribution is -2.00. The van der Waals surface area contributed by atoms with Crippen LogP contribution in [0.5, 0.6) is 11.5 Å². The molecule has 1 aromatic rings. The van der Waals surface area contributed by atoms with Crippen LogP contribution in [0.25, 0.3) is 0 Å². The molecular weight excluding hydrogens is 196 g/mol. The van der Waals surface area contributed by atoms with Crippen LogP contribution in [0.4, 0.5) is 0 Å². The molecule has 0 unspecified atom stereocenters. The average Bonchev–Trinajstić information content (AvgIpc) is 2.28. The molecule has 4 heteroatoms. The van der Waals surface area contributed by atoms with Crippen molar-refractivity contribution in [1.29, 1.82) is 0 Å². The van der Waals surface area contributed by atoms with Gasteiger partial charge in [0.2, 0.25) is 0 Å². The van der Waals surface area contributed by atoms with Gasteiger partial charge in [0.15, 0.2) is 11.5 Å². The first-order valence-corrected chi connectivity index (χ1v) is 4.57.